The van der Waals surface area contributed by atoms with Crippen molar-refractivity contribution in [2.24, 2.45) is 0 Å². The summed E-state index contributed by atoms with van der Waals surface area (Å²) in [4.78, 5) is 4.00. The van der Waals surface area contributed by atoms with Gasteiger partial charge in [-0.2, -0.15) is 0 Å². The minimum atomic E-state index is 1.18. The molecular weight excluding hydrogens is 404 g/mol. The minimum absolute atomic E-state index is 1.18. The summed E-state index contributed by atoms with van der Waals surface area (Å²) < 4.78 is 0. The normalized spacial score (nSPS) is 10.1. The van der Waals surface area contributed by atoms with Crippen LogP contribution >= 0.6 is 31.9 Å². The van der Waals surface area contributed by atoms with E-state index in [1.54, 1.807) is 0 Å². The van der Waals surface area contributed by atoms with Crippen LogP contribution in [-0.2, 0) is 0 Å². The Labute approximate surface area is 158 Å². The van der Waals surface area contributed by atoms with Gasteiger partial charge in [-0.1, -0.05) is 83.2 Å². The average molecular weight is 446 g/mol. The molecule has 22 heavy (non-hydrogen) atoms. The van der Waals surface area contributed by atoms with Crippen molar-refractivity contribution in [1.29, 1.82) is 0 Å². The third kappa shape index (κ3) is 58.5. The lowest BCUT2D eigenvalue weighted by Crippen LogP contribution is -1.99. The number of unbranched alkanes of at least 4 members (excludes halogenated alkanes) is 9. The van der Waals surface area contributed by atoms with Crippen LogP contribution in [-0.4, -0.2) is 62.7 Å². The van der Waals surface area contributed by atoms with Crippen LogP contribution in [0.1, 0.15) is 64.2 Å². The lowest BCUT2D eigenvalue weighted by atomic mass is 10.1. The van der Waals surface area contributed by atoms with E-state index in [0.717, 1.165) is 0 Å². The molecule has 0 unspecified atom stereocenters. The van der Waals surface area contributed by atoms with Gasteiger partial charge in [-0.25, -0.2) is 0 Å². The number of hydrogen-bond acceptors (Lipinski definition) is 2. The summed E-state index contributed by atoms with van der Waals surface area (Å²) in [7, 11) is 12.0. The monoisotopic (exact) mass is 444 g/mol. The van der Waals surface area contributed by atoms with Gasteiger partial charge in [-0.3, -0.25) is 0 Å². The van der Waals surface area contributed by atoms with Crippen molar-refractivity contribution in [3.05, 3.63) is 0 Å². The molecule has 4 heteroatoms. The topological polar surface area (TPSA) is 6.48 Å². The number of alkyl halides is 2. The van der Waals surface area contributed by atoms with Gasteiger partial charge in [0.1, 0.15) is 0 Å². The molecule has 0 atom stereocenters. The molecule has 0 aliphatic rings. The predicted octanol–water partition coefficient (Wildman–Crippen LogP) is 6.03. The summed E-state index contributed by atoms with van der Waals surface area (Å²) in [5.41, 5.74) is 0. The smallest absolute Gasteiger partial charge is 0.00313 e. The number of halogens is 2. The third-order valence-electron chi connectivity index (χ3n) is 2.52. The quantitative estimate of drug-likeness (QED) is 0.282. The largest absolute Gasteiger partial charge is 0.312 e. The minimum Gasteiger partial charge on any atom is -0.312 e. The van der Waals surface area contributed by atoms with Crippen LogP contribution in [0, 0.1) is 0 Å². The van der Waals surface area contributed by atoms with Gasteiger partial charge in [0.05, 0.1) is 0 Å². The van der Waals surface area contributed by atoms with E-state index < -0.39 is 0 Å². The molecule has 0 radical (unpaired) electrons. The number of hydrogen-bond donors (Lipinski definition) is 0. The standard InChI is InChI=1S/C12H24Br2.2C3H9N/c13-11-9-7-5-3-1-2-4-6-8-10-12-14;2*1-4(2)3/h1-12H2;2*1-3H3. The van der Waals surface area contributed by atoms with E-state index in [0.29, 0.717) is 0 Å². The molecule has 0 aliphatic carbocycles. The molecule has 0 aromatic carbocycles. The molecule has 0 saturated heterocycles. The zero-order valence-electron chi connectivity index (χ0n) is 16.1. The van der Waals surface area contributed by atoms with Crippen LogP contribution in [0.3, 0.4) is 0 Å². The van der Waals surface area contributed by atoms with Crippen LogP contribution in [0.5, 0.6) is 0 Å². The van der Waals surface area contributed by atoms with Crippen LogP contribution in [0.2, 0.25) is 0 Å². The van der Waals surface area contributed by atoms with Gasteiger partial charge < -0.3 is 9.80 Å². The molecule has 0 aromatic heterocycles. The van der Waals surface area contributed by atoms with E-state index in [1.165, 1.54) is 74.9 Å². The molecule has 138 valence electrons. The van der Waals surface area contributed by atoms with Crippen molar-refractivity contribution in [3.63, 3.8) is 0 Å². The highest BCUT2D eigenvalue weighted by Crippen LogP contribution is 2.11. The third-order valence-corrected chi connectivity index (χ3v) is 3.64. The highest BCUT2D eigenvalue weighted by atomic mass is 79.9. The molecule has 0 aromatic rings. The molecular formula is C18H42Br2N2. The van der Waals surface area contributed by atoms with Crippen molar-refractivity contribution >= 4 is 31.9 Å². The second-order valence-electron chi connectivity index (χ2n) is 6.60. The van der Waals surface area contributed by atoms with Crippen LogP contribution in [0.15, 0.2) is 0 Å². The molecule has 0 saturated carbocycles. The Kier molecular flexibility index (Phi) is 33.7. The van der Waals surface area contributed by atoms with Crippen LogP contribution in [0.25, 0.3) is 0 Å². The molecule has 0 spiro atoms. The second-order valence-corrected chi connectivity index (χ2v) is 8.18. The molecule has 0 rings (SSSR count). The number of rotatable bonds is 11. The summed E-state index contributed by atoms with van der Waals surface area (Å²) >= 11 is 6.93. The van der Waals surface area contributed by atoms with Gasteiger partial charge in [0, 0.05) is 10.7 Å². The van der Waals surface area contributed by atoms with Crippen molar-refractivity contribution in [3.8, 4) is 0 Å². The average Bonchev–Trinajstić information content (AvgIpc) is 2.40. The van der Waals surface area contributed by atoms with Gasteiger partial charge in [0.15, 0.2) is 0 Å². The maximum atomic E-state index is 3.46. The molecule has 0 N–H and O–H groups in total. The van der Waals surface area contributed by atoms with Crippen molar-refractivity contribution < 1.29 is 0 Å². The van der Waals surface area contributed by atoms with E-state index in [2.05, 4.69) is 31.9 Å². The zero-order chi connectivity index (χ0) is 17.6. The Morgan fingerprint density at radius 3 is 0.682 bits per heavy atom. The first kappa shape index (κ1) is 27.7. The van der Waals surface area contributed by atoms with Crippen molar-refractivity contribution in [1.82, 2.24) is 9.80 Å². The van der Waals surface area contributed by atoms with Crippen LogP contribution in [0.4, 0.5) is 0 Å². The van der Waals surface area contributed by atoms with Gasteiger partial charge in [-0.15, -0.1) is 0 Å². The SMILES string of the molecule is BrCCCCCCCCCCCCBr.CN(C)C.CN(C)C. The molecule has 0 bridgehead atoms. The Hall–Kier alpha value is 0.880. The fourth-order valence-corrected chi connectivity index (χ4v) is 2.40. The Morgan fingerprint density at radius 1 is 0.409 bits per heavy atom. The molecule has 2 nitrogen and oxygen atoms in total. The lowest BCUT2D eigenvalue weighted by Gasteiger charge is -2.01. The molecule has 0 fully saturated rings. The van der Waals surface area contributed by atoms with E-state index in [1.807, 2.05) is 52.1 Å². The summed E-state index contributed by atoms with van der Waals surface area (Å²) in [5.74, 6) is 0. The predicted molar refractivity (Wildman–Crippen MR) is 113 cm³/mol. The van der Waals surface area contributed by atoms with E-state index in [-0.39, 0.29) is 0 Å². The summed E-state index contributed by atoms with van der Waals surface area (Å²) in [6.45, 7) is 0. The van der Waals surface area contributed by atoms with E-state index in [4.69, 9.17) is 0 Å². The first-order valence-electron chi connectivity index (χ1n) is 8.72. The summed E-state index contributed by atoms with van der Waals surface area (Å²) in [6, 6.07) is 0. The zero-order valence-corrected chi connectivity index (χ0v) is 19.3. The van der Waals surface area contributed by atoms with Crippen molar-refractivity contribution in [2.45, 2.75) is 64.2 Å². The lowest BCUT2D eigenvalue weighted by molar-refractivity contribution is 0.505. The van der Waals surface area contributed by atoms with E-state index >= 15 is 0 Å². The highest BCUT2D eigenvalue weighted by Gasteiger charge is 1.92. The maximum Gasteiger partial charge on any atom is 0.00313 e. The first-order chi connectivity index (χ1) is 10.4. The van der Waals surface area contributed by atoms with Crippen molar-refractivity contribution in [2.75, 3.05) is 52.9 Å². The Balaban J connectivity index is -0.000000372. The van der Waals surface area contributed by atoms with Gasteiger partial charge >= 0.3 is 0 Å². The fourth-order valence-electron chi connectivity index (χ4n) is 1.60. The summed E-state index contributed by atoms with van der Waals surface area (Å²) in [5, 5.41) is 2.36. The van der Waals surface area contributed by atoms with Gasteiger partial charge in [0.2, 0.25) is 0 Å². The fraction of sp³-hybridized carbons (Fsp3) is 1.00. The molecule has 0 heterocycles. The molecule has 0 amide bonds. The Morgan fingerprint density at radius 2 is 0.545 bits per heavy atom. The highest BCUT2D eigenvalue weighted by molar-refractivity contribution is 9.09. The van der Waals surface area contributed by atoms with Crippen LogP contribution < -0.4 is 0 Å². The Bertz CT molecular complexity index is 142. The van der Waals surface area contributed by atoms with Gasteiger partial charge in [-0.05, 0) is 55.1 Å². The summed E-state index contributed by atoms with van der Waals surface area (Å²) in [6.07, 6.45) is 14.2. The molecule has 0 aliphatic heterocycles. The number of nitrogens with zero attached hydrogens (tertiary/aromatic N) is 2. The maximum absolute atomic E-state index is 3.46. The first-order valence-corrected chi connectivity index (χ1v) is 11.0. The second kappa shape index (κ2) is 26.8. The van der Waals surface area contributed by atoms with E-state index in [9.17, 15) is 0 Å². The van der Waals surface area contributed by atoms with Gasteiger partial charge in [0.25, 0.3) is 0 Å².